The summed E-state index contributed by atoms with van der Waals surface area (Å²) >= 11 is 1.52. The first kappa shape index (κ1) is 14.5. The lowest BCUT2D eigenvalue weighted by Gasteiger charge is -2.03. The summed E-state index contributed by atoms with van der Waals surface area (Å²) in [6.45, 7) is 2.13. The van der Waals surface area contributed by atoms with Crippen molar-refractivity contribution < 1.29 is 9.18 Å². The van der Waals surface area contributed by atoms with E-state index >= 15 is 0 Å². The van der Waals surface area contributed by atoms with Gasteiger partial charge in [-0.1, -0.05) is 0 Å². The summed E-state index contributed by atoms with van der Waals surface area (Å²) < 4.78 is 12.7. The first-order valence-corrected chi connectivity index (χ1v) is 7.15. The molecule has 106 valence electrons. The number of thioether (sulfide) groups is 1. The number of carbonyl (C=O) groups is 1. The Hall–Kier alpha value is -1.89. The maximum atomic E-state index is 12.7. The molecule has 0 aliphatic carbocycles. The third-order valence-electron chi connectivity index (χ3n) is 2.50. The normalized spacial score (nSPS) is 10.5. The van der Waals surface area contributed by atoms with Crippen molar-refractivity contribution >= 4 is 17.7 Å². The average Bonchev–Trinajstić information content (AvgIpc) is 2.85. The number of carbonyl (C=O) groups excluding carboxylic acids is 1. The second-order valence-corrected chi connectivity index (χ2v) is 5.33. The van der Waals surface area contributed by atoms with Crippen molar-refractivity contribution in [2.24, 2.45) is 0 Å². The van der Waals surface area contributed by atoms with E-state index in [0.29, 0.717) is 24.5 Å². The number of hydrogen-bond acceptors (Lipinski definition) is 4. The molecule has 2 N–H and O–H groups in total. The summed E-state index contributed by atoms with van der Waals surface area (Å²) in [5, 5.41) is 9.40. The number of aromatic amines is 1. The smallest absolute Gasteiger partial charge is 0.221 e. The Kier molecular flexibility index (Phi) is 5.11. The lowest BCUT2D eigenvalue weighted by molar-refractivity contribution is -0.120. The van der Waals surface area contributed by atoms with Crippen LogP contribution in [0.15, 0.2) is 29.2 Å². The molecule has 20 heavy (non-hydrogen) atoms. The number of nitrogens with zero attached hydrogens (tertiary/aromatic N) is 2. The Morgan fingerprint density at radius 2 is 2.15 bits per heavy atom. The van der Waals surface area contributed by atoms with Gasteiger partial charge in [-0.3, -0.25) is 9.89 Å². The van der Waals surface area contributed by atoms with Gasteiger partial charge < -0.3 is 5.32 Å². The molecule has 2 aromatic rings. The molecule has 0 fully saturated rings. The summed E-state index contributed by atoms with van der Waals surface area (Å²) in [7, 11) is 0. The van der Waals surface area contributed by atoms with Gasteiger partial charge in [0.1, 0.15) is 11.6 Å². The molecular weight excluding hydrogens is 279 g/mol. The molecule has 0 aliphatic rings. The third-order valence-corrected chi connectivity index (χ3v) is 3.51. The highest BCUT2D eigenvalue weighted by Crippen LogP contribution is 2.18. The van der Waals surface area contributed by atoms with E-state index in [2.05, 4.69) is 20.5 Å². The van der Waals surface area contributed by atoms with Crippen LogP contribution in [0.25, 0.3) is 0 Å². The largest absolute Gasteiger partial charge is 0.349 e. The number of aryl methyl sites for hydroxylation is 1. The van der Waals surface area contributed by atoms with Crippen molar-refractivity contribution in [3.05, 3.63) is 41.7 Å². The van der Waals surface area contributed by atoms with Gasteiger partial charge in [0.15, 0.2) is 5.82 Å². The third kappa shape index (κ3) is 4.65. The van der Waals surface area contributed by atoms with Crippen LogP contribution in [0.4, 0.5) is 4.39 Å². The molecule has 5 nitrogen and oxygen atoms in total. The maximum absolute atomic E-state index is 12.7. The second kappa shape index (κ2) is 7.04. The number of rotatable bonds is 6. The Balaban J connectivity index is 1.66. The zero-order valence-corrected chi connectivity index (χ0v) is 11.8. The van der Waals surface area contributed by atoms with Gasteiger partial charge in [-0.2, -0.15) is 5.10 Å². The van der Waals surface area contributed by atoms with Gasteiger partial charge in [0, 0.05) is 17.1 Å². The van der Waals surface area contributed by atoms with Crippen molar-refractivity contribution in [1.29, 1.82) is 0 Å². The number of H-pyrrole nitrogens is 1. The van der Waals surface area contributed by atoms with Gasteiger partial charge in [-0.05, 0) is 31.2 Å². The summed E-state index contributed by atoms with van der Waals surface area (Å²) in [6, 6.07) is 6.23. The van der Waals surface area contributed by atoms with Crippen LogP contribution in [0.2, 0.25) is 0 Å². The number of amides is 1. The molecule has 0 radical (unpaired) electrons. The fourth-order valence-corrected chi connectivity index (χ4v) is 2.38. The Bertz CT molecular complexity index is 570. The molecule has 0 unspecified atom stereocenters. The van der Waals surface area contributed by atoms with Gasteiger partial charge in [-0.25, -0.2) is 9.37 Å². The molecule has 1 heterocycles. The van der Waals surface area contributed by atoms with Crippen LogP contribution >= 0.6 is 11.8 Å². The van der Waals surface area contributed by atoms with E-state index in [1.807, 2.05) is 0 Å². The molecule has 1 amide bonds. The SMILES string of the molecule is Cc1nc(CNC(=O)CCSc2ccc(F)cc2)n[nH]1. The van der Waals surface area contributed by atoms with E-state index in [4.69, 9.17) is 0 Å². The van der Waals surface area contributed by atoms with Crippen LogP contribution < -0.4 is 5.32 Å². The van der Waals surface area contributed by atoms with Crippen molar-refractivity contribution in [1.82, 2.24) is 20.5 Å². The van der Waals surface area contributed by atoms with Gasteiger partial charge in [0.2, 0.25) is 5.91 Å². The minimum atomic E-state index is -0.256. The predicted octanol–water partition coefficient (Wildman–Crippen LogP) is 2.05. The van der Waals surface area contributed by atoms with E-state index in [1.54, 1.807) is 19.1 Å². The molecule has 2 rings (SSSR count). The first-order chi connectivity index (χ1) is 9.63. The molecule has 1 aromatic heterocycles. The molecular formula is C13H15FN4OS. The average molecular weight is 294 g/mol. The Morgan fingerprint density at radius 1 is 1.40 bits per heavy atom. The number of halogens is 1. The van der Waals surface area contributed by atoms with E-state index in [0.717, 1.165) is 10.7 Å². The highest BCUT2D eigenvalue weighted by Gasteiger charge is 2.04. The van der Waals surface area contributed by atoms with E-state index in [1.165, 1.54) is 23.9 Å². The van der Waals surface area contributed by atoms with Gasteiger partial charge in [0.25, 0.3) is 0 Å². The minimum Gasteiger partial charge on any atom is -0.349 e. The Labute approximate surface area is 120 Å². The van der Waals surface area contributed by atoms with Crippen LogP contribution in [0.5, 0.6) is 0 Å². The summed E-state index contributed by atoms with van der Waals surface area (Å²) in [5.74, 6) is 1.63. The fraction of sp³-hybridized carbons (Fsp3) is 0.308. The van der Waals surface area contributed by atoms with Crippen LogP contribution in [0, 0.1) is 12.7 Å². The maximum Gasteiger partial charge on any atom is 0.221 e. The monoisotopic (exact) mass is 294 g/mol. The van der Waals surface area contributed by atoms with Crippen LogP contribution in [0.3, 0.4) is 0 Å². The van der Waals surface area contributed by atoms with Crippen molar-refractivity contribution in [2.45, 2.75) is 24.8 Å². The molecule has 0 spiro atoms. The summed E-state index contributed by atoms with van der Waals surface area (Å²) in [4.78, 5) is 16.7. The number of benzene rings is 1. The minimum absolute atomic E-state index is 0.0536. The van der Waals surface area contributed by atoms with E-state index < -0.39 is 0 Å². The zero-order valence-electron chi connectivity index (χ0n) is 11.0. The van der Waals surface area contributed by atoms with Crippen LogP contribution in [-0.2, 0) is 11.3 Å². The zero-order chi connectivity index (χ0) is 14.4. The summed E-state index contributed by atoms with van der Waals surface area (Å²) in [6.07, 6.45) is 0.394. The molecule has 0 atom stereocenters. The lowest BCUT2D eigenvalue weighted by atomic mass is 10.4. The molecule has 0 saturated heterocycles. The van der Waals surface area contributed by atoms with Crippen LogP contribution in [-0.4, -0.2) is 26.8 Å². The second-order valence-electron chi connectivity index (χ2n) is 4.17. The Morgan fingerprint density at radius 3 is 2.80 bits per heavy atom. The first-order valence-electron chi connectivity index (χ1n) is 6.16. The standard InChI is InChI=1S/C13H15FN4OS/c1-9-16-12(18-17-9)8-15-13(19)6-7-20-11-4-2-10(14)3-5-11/h2-5H,6-8H2,1H3,(H,15,19)(H,16,17,18). The highest BCUT2D eigenvalue weighted by molar-refractivity contribution is 7.99. The van der Waals surface area contributed by atoms with Crippen molar-refractivity contribution in [2.75, 3.05) is 5.75 Å². The van der Waals surface area contributed by atoms with Gasteiger partial charge >= 0.3 is 0 Å². The van der Waals surface area contributed by atoms with Gasteiger partial charge in [-0.15, -0.1) is 11.8 Å². The van der Waals surface area contributed by atoms with Gasteiger partial charge in [0.05, 0.1) is 6.54 Å². The predicted molar refractivity (Wildman–Crippen MR) is 74.7 cm³/mol. The molecule has 0 saturated carbocycles. The molecule has 7 heteroatoms. The lowest BCUT2D eigenvalue weighted by Crippen LogP contribution is -2.23. The number of hydrogen-bond donors (Lipinski definition) is 2. The quantitative estimate of drug-likeness (QED) is 0.800. The molecule has 0 aliphatic heterocycles. The molecule has 1 aromatic carbocycles. The highest BCUT2D eigenvalue weighted by atomic mass is 32.2. The summed E-state index contributed by atoms with van der Waals surface area (Å²) in [5.41, 5.74) is 0. The molecule has 0 bridgehead atoms. The number of nitrogens with one attached hydrogen (secondary N) is 2. The number of aromatic nitrogens is 3. The van der Waals surface area contributed by atoms with Crippen molar-refractivity contribution in [3.8, 4) is 0 Å². The van der Waals surface area contributed by atoms with Crippen LogP contribution in [0.1, 0.15) is 18.1 Å². The fourth-order valence-electron chi connectivity index (χ4n) is 1.53. The van der Waals surface area contributed by atoms with Crippen molar-refractivity contribution in [3.63, 3.8) is 0 Å². The topological polar surface area (TPSA) is 70.7 Å². The van der Waals surface area contributed by atoms with E-state index in [-0.39, 0.29) is 11.7 Å². The van der Waals surface area contributed by atoms with E-state index in [9.17, 15) is 9.18 Å².